The van der Waals surface area contributed by atoms with Crippen molar-refractivity contribution in [1.82, 2.24) is 14.5 Å². The second-order valence-corrected chi connectivity index (χ2v) is 10.9. The zero-order valence-corrected chi connectivity index (χ0v) is 22.9. The Bertz CT molecular complexity index is 1880. The standard InChI is InChI=1S/C29H20F5N3O4S/c1-15-35-25(28(30,31)32)14-37(15)22-9-7-18(17-5-4-6-20(11-17)42(3)38)12-21(22)27-26(36-16(2)39-27)19-8-10-23-24(13-19)41-29(33,34)40-23/h4-14H,1-3H3. The molecule has 7 nitrogen and oxygen atoms in total. The average Bonchev–Trinajstić information content (AvgIpc) is 3.60. The number of halogens is 5. The number of alkyl halides is 5. The molecule has 0 aliphatic carbocycles. The number of hydrogen-bond donors (Lipinski definition) is 0. The third-order valence-corrected chi connectivity index (χ3v) is 7.50. The molecule has 13 heteroatoms. The minimum atomic E-state index is -4.67. The zero-order valence-electron chi connectivity index (χ0n) is 22.1. The Morgan fingerprint density at radius 2 is 1.60 bits per heavy atom. The summed E-state index contributed by atoms with van der Waals surface area (Å²) in [5.74, 6) is 0.105. The van der Waals surface area contributed by atoms with Crippen LogP contribution in [0.15, 0.2) is 76.2 Å². The van der Waals surface area contributed by atoms with Crippen molar-refractivity contribution >= 4 is 10.8 Å². The monoisotopic (exact) mass is 601 g/mol. The van der Waals surface area contributed by atoms with Crippen LogP contribution in [0.2, 0.25) is 0 Å². The largest absolute Gasteiger partial charge is 0.586 e. The number of rotatable bonds is 5. The topological polar surface area (TPSA) is 79.4 Å². The van der Waals surface area contributed by atoms with E-state index in [9.17, 15) is 26.2 Å². The van der Waals surface area contributed by atoms with Crippen LogP contribution < -0.4 is 9.47 Å². The highest BCUT2D eigenvalue weighted by Gasteiger charge is 2.43. The van der Waals surface area contributed by atoms with E-state index in [-0.39, 0.29) is 34.7 Å². The molecule has 0 spiro atoms. The van der Waals surface area contributed by atoms with Crippen molar-refractivity contribution in [2.24, 2.45) is 0 Å². The molecule has 1 atom stereocenters. The number of aromatic nitrogens is 3. The van der Waals surface area contributed by atoms with Gasteiger partial charge in [-0.25, -0.2) is 9.97 Å². The molecule has 5 aromatic rings. The number of oxazole rings is 1. The number of imidazole rings is 1. The minimum absolute atomic E-state index is 0.0720. The Balaban J connectivity index is 1.57. The van der Waals surface area contributed by atoms with E-state index in [1.807, 2.05) is 6.07 Å². The molecule has 0 fully saturated rings. The normalized spacial score (nSPS) is 14.8. The van der Waals surface area contributed by atoms with Crippen LogP contribution in [0.5, 0.6) is 11.5 Å². The Labute approximate surface area is 238 Å². The lowest BCUT2D eigenvalue weighted by molar-refractivity contribution is -0.286. The van der Waals surface area contributed by atoms with Crippen LogP contribution in [0.3, 0.4) is 0 Å². The molecule has 2 aromatic heterocycles. The van der Waals surface area contributed by atoms with Gasteiger partial charge >= 0.3 is 12.5 Å². The molecule has 216 valence electrons. The van der Waals surface area contributed by atoms with Gasteiger partial charge in [0.1, 0.15) is 11.5 Å². The van der Waals surface area contributed by atoms with E-state index in [2.05, 4.69) is 19.4 Å². The Hall–Kier alpha value is -4.52. The molecule has 0 saturated carbocycles. The zero-order chi connectivity index (χ0) is 30.0. The fraction of sp³-hybridized carbons (Fsp3) is 0.172. The van der Waals surface area contributed by atoms with E-state index in [4.69, 9.17) is 4.42 Å². The van der Waals surface area contributed by atoms with Gasteiger partial charge in [-0.1, -0.05) is 18.2 Å². The first-order valence-electron chi connectivity index (χ1n) is 12.4. The number of fused-ring (bicyclic) bond motifs is 1. The third-order valence-electron chi connectivity index (χ3n) is 6.58. The number of hydrogen-bond acceptors (Lipinski definition) is 6. The summed E-state index contributed by atoms with van der Waals surface area (Å²) in [4.78, 5) is 8.75. The lowest BCUT2D eigenvalue weighted by Gasteiger charge is -2.14. The third kappa shape index (κ3) is 5.04. The molecule has 0 bridgehead atoms. The van der Waals surface area contributed by atoms with Crippen LogP contribution in [-0.4, -0.2) is 31.3 Å². The van der Waals surface area contributed by atoms with Crippen molar-refractivity contribution in [2.75, 3.05) is 6.26 Å². The quantitative estimate of drug-likeness (QED) is 0.194. The predicted octanol–water partition coefficient (Wildman–Crippen LogP) is 7.56. The lowest BCUT2D eigenvalue weighted by atomic mass is 9.98. The van der Waals surface area contributed by atoms with Gasteiger partial charge in [0.2, 0.25) is 0 Å². The van der Waals surface area contributed by atoms with Crippen molar-refractivity contribution in [3.63, 3.8) is 0 Å². The summed E-state index contributed by atoms with van der Waals surface area (Å²) in [6.07, 6.45) is -6.05. The first-order chi connectivity index (χ1) is 19.8. The molecule has 0 radical (unpaired) electrons. The second-order valence-electron chi connectivity index (χ2n) is 9.49. The van der Waals surface area contributed by atoms with Crippen LogP contribution in [0.4, 0.5) is 22.0 Å². The molecule has 0 amide bonds. The highest BCUT2D eigenvalue weighted by Crippen LogP contribution is 2.45. The maximum atomic E-state index is 13.7. The van der Waals surface area contributed by atoms with Gasteiger partial charge in [0.25, 0.3) is 0 Å². The highest BCUT2D eigenvalue weighted by molar-refractivity contribution is 7.84. The minimum Gasteiger partial charge on any atom is -0.440 e. The first-order valence-corrected chi connectivity index (χ1v) is 13.9. The molecule has 0 saturated heterocycles. The van der Waals surface area contributed by atoms with Crippen molar-refractivity contribution < 1.29 is 40.1 Å². The van der Waals surface area contributed by atoms with Crippen LogP contribution in [0.25, 0.3) is 39.4 Å². The van der Waals surface area contributed by atoms with Crippen molar-refractivity contribution in [2.45, 2.75) is 31.2 Å². The Morgan fingerprint density at radius 1 is 0.881 bits per heavy atom. The number of ether oxygens (including phenoxy) is 2. The van der Waals surface area contributed by atoms with Crippen LogP contribution in [0, 0.1) is 13.8 Å². The number of benzene rings is 3. The summed E-state index contributed by atoms with van der Waals surface area (Å²) in [6.45, 7) is 3.03. The predicted molar refractivity (Wildman–Crippen MR) is 143 cm³/mol. The van der Waals surface area contributed by atoms with E-state index in [0.717, 1.165) is 6.20 Å². The van der Waals surface area contributed by atoms with Crippen molar-refractivity contribution in [1.29, 1.82) is 0 Å². The van der Waals surface area contributed by atoms with E-state index in [1.165, 1.54) is 29.7 Å². The number of nitrogens with zero attached hydrogens (tertiary/aromatic N) is 3. The molecule has 42 heavy (non-hydrogen) atoms. The van der Waals surface area contributed by atoms with E-state index in [0.29, 0.717) is 32.8 Å². The van der Waals surface area contributed by atoms with Gasteiger partial charge in [0.15, 0.2) is 28.8 Å². The van der Waals surface area contributed by atoms with Gasteiger partial charge in [0, 0.05) is 46.2 Å². The lowest BCUT2D eigenvalue weighted by Crippen LogP contribution is -2.25. The fourth-order valence-corrected chi connectivity index (χ4v) is 5.28. The van der Waals surface area contributed by atoms with Gasteiger partial charge in [-0.05, 0) is 60.5 Å². The van der Waals surface area contributed by atoms with Gasteiger partial charge in [-0.2, -0.15) is 13.2 Å². The molecule has 1 aliphatic heterocycles. The van der Waals surface area contributed by atoms with Crippen molar-refractivity contribution in [3.05, 3.63) is 84.3 Å². The fourth-order valence-electron chi connectivity index (χ4n) is 4.72. The summed E-state index contributed by atoms with van der Waals surface area (Å²) in [5, 5.41) is 0. The van der Waals surface area contributed by atoms with Gasteiger partial charge in [-0.3, -0.25) is 4.21 Å². The Morgan fingerprint density at radius 3 is 2.31 bits per heavy atom. The second kappa shape index (κ2) is 9.79. The van der Waals surface area contributed by atoms with E-state index >= 15 is 0 Å². The van der Waals surface area contributed by atoms with E-state index in [1.54, 1.807) is 49.6 Å². The summed E-state index contributed by atoms with van der Waals surface area (Å²) in [7, 11) is -1.25. The molecule has 3 aromatic carbocycles. The molecular weight excluding hydrogens is 581 g/mol. The molecule has 3 heterocycles. The van der Waals surface area contributed by atoms with Gasteiger partial charge in [0.05, 0.1) is 5.69 Å². The number of aryl methyl sites for hydroxylation is 2. The van der Waals surface area contributed by atoms with Gasteiger partial charge < -0.3 is 18.5 Å². The summed E-state index contributed by atoms with van der Waals surface area (Å²) in [6, 6.07) is 16.2. The molecule has 1 unspecified atom stereocenters. The highest BCUT2D eigenvalue weighted by atomic mass is 32.2. The summed E-state index contributed by atoms with van der Waals surface area (Å²) < 4.78 is 96.6. The average molecular weight is 602 g/mol. The van der Waals surface area contributed by atoms with Gasteiger partial charge in [-0.15, -0.1) is 8.78 Å². The maximum absolute atomic E-state index is 13.7. The van der Waals surface area contributed by atoms with Crippen LogP contribution in [-0.2, 0) is 17.0 Å². The Kier molecular flexibility index (Phi) is 6.44. The van der Waals surface area contributed by atoms with Crippen LogP contribution in [0.1, 0.15) is 17.4 Å². The van der Waals surface area contributed by atoms with E-state index < -0.39 is 29.0 Å². The molecule has 1 aliphatic rings. The maximum Gasteiger partial charge on any atom is 0.586 e. The smallest absolute Gasteiger partial charge is 0.440 e. The summed E-state index contributed by atoms with van der Waals surface area (Å²) >= 11 is 0. The first kappa shape index (κ1) is 27.6. The molecule has 0 N–H and O–H groups in total. The molecule has 6 rings (SSSR count). The SMILES string of the molecule is Cc1nc(-c2ccc3c(c2)OC(F)(F)O3)c(-c2cc(-c3cccc(S(C)=O)c3)ccc2-n2cc(C(F)(F)F)nc2C)o1. The van der Waals surface area contributed by atoms with Crippen LogP contribution >= 0.6 is 0 Å². The van der Waals surface area contributed by atoms with Crippen molar-refractivity contribution in [3.8, 4) is 50.9 Å². The molecular formula is C29H20F5N3O4S. The summed E-state index contributed by atoms with van der Waals surface area (Å²) in [5.41, 5.74) is 1.53.